The number of rotatable bonds is 4. The molecule has 1 atom stereocenters. The van der Waals surface area contributed by atoms with Crippen LogP contribution in [0, 0.1) is 11.7 Å². The zero-order chi connectivity index (χ0) is 13.3. The summed E-state index contributed by atoms with van der Waals surface area (Å²) in [6, 6.07) is 2.41. The molecule has 1 nitrogen and oxygen atoms in total. The molecule has 1 aromatic carbocycles. The Morgan fingerprint density at radius 3 is 2.50 bits per heavy atom. The largest absolute Gasteiger partial charge is 0.416 e. The molecule has 0 spiro atoms. The van der Waals surface area contributed by atoms with Gasteiger partial charge in [-0.25, -0.2) is 4.39 Å². The van der Waals surface area contributed by atoms with Gasteiger partial charge in [-0.2, -0.15) is 13.2 Å². The lowest BCUT2D eigenvalue weighted by molar-refractivity contribution is -0.139. The monoisotopic (exact) mass is 262 g/mol. The van der Waals surface area contributed by atoms with E-state index in [9.17, 15) is 22.7 Å². The second-order valence-corrected chi connectivity index (χ2v) is 4.77. The van der Waals surface area contributed by atoms with Gasteiger partial charge < -0.3 is 5.11 Å². The molecule has 0 bridgehead atoms. The normalized spacial score (nSPS) is 17.8. The van der Waals surface area contributed by atoms with Gasteiger partial charge in [0.15, 0.2) is 0 Å². The molecule has 1 aromatic rings. The van der Waals surface area contributed by atoms with Crippen LogP contribution < -0.4 is 0 Å². The van der Waals surface area contributed by atoms with Crippen molar-refractivity contribution in [3.8, 4) is 0 Å². The van der Waals surface area contributed by atoms with Crippen LogP contribution in [0.5, 0.6) is 0 Å². The minimum Gasteiger partial charge on any atom is -0.388 e. The number of halogens is 4. The van der Waals surface area contributed by atoms with Crippen molar-refractivity contribution in [3.63, 3.8) is 0 Å². The highest BCUT2D eigenvalue weighted by Crippen LogP contribution is 2.39. The van der Waals surface area contributed by atoms with Gasteiger partial charge in [0, 0.05) is 0 Å². The van der Waals surface area contributed by atoms with Gasteiger partial charge in [-0.1, -0.05) is 18.9 Å². The third-order valence-electron chi connectivity index (χ3n) is 3.23. The van der Waals surface area contributed by atoms with Gasteiger partial charge in [0.25, 0.3) is 0 Å². The van der Waals surface area contributed by atoms with Gasteiger partial charge in [0.2, 0.25) is 0 Å². The number of hydrogen-bond donors (Lipinski definition) is 1. The van der Waals surface area contributed by atoms with E-state index in [2.05, 4.69) is 0 Å². The maximum Gasteiger partial charge on any atom is 0.416 e. The molecule has 100 valence electrons. The highest BCUT2D eigenvalue weighted by atomic mass is 19.4. The Kier molecular flexibility index (Phi) is 3.61. The summed E-state index contributed by atoms with van der Waals surface area (Å²) in [5.74, 6) is -0.407. The van der Waals surface area contributed by atoms with Crippen LogP contribution in [0.15, 0.2) is 18.2 Å². The molecule has 2 rings (SSSR count). The average molecular weight is 262 g/mol. The first-order valence-corrected chi connectivity index (χ1v) is 5.92. The van der Waals surface area contributed by atoms with Crippen molar-refractivity contribution in [1.82, 2.24) is 0 Å². The van der Waals surface area contributed by atoms with E-state index >= 15 is 0 Å². The number of aliphatic hydroxyl groups excluding tert-OH is 1. The quantitative estimate of drug-likeness (QED) is 0.811. The first-order valence-electron chi connectivity index (χ1n) is 5.92. The summed E-state index contributed by atoms with van der Waals surface area (Å²) in [5, 5.41) is 9.81. The molecule has 1 aliphatic rings. The maximum absolute atomic E-state index is 12.9. The van der Waals surface area contributed by atoms with Crippen LogP contribution >= 0.6 is 0 Å². The van der Waals surface area contributed by atoms with Gasteiger partial charge in [-0.15, -0.1) is 0 Å². The van der Waals surface area contributed by atoms with Crippen molar-refractivity contribution in [2.45, 2.75) is 38.0 Å². The highest BCUT2D eigenvalue weighted by molar-refractivity contribution is 5.32. The van der Waals surface area contributed by atoms with Crippen molar-refractivity contribution in [1.29, 1.82) is 0 Å². The predicted octanol–water partition coefficient (Wildman–Crippen LogP) is 4.07. The molecule has 1 N–H and O–H groups in total. The molecule has 1 fully saturated rings. The van der Waals surface area contributed by atoms with Gasteiger partial charge in [-0.3, -0.25) is 0 Å². The summed E-state index contributed by atoms with van der Waals surface area (Å²) in [6.45, 7) is 0. The zero-order valence-corrected chi connectivity index (χ0v) is 9.67. The summed E-state index contributed by atoms with van der Waals surface area (Å²) in [5.41, 5.74) is -1.31. The van der Waals surface area contributed by atoms with E-state index in [-0.39, 0.29) is 5.56 Å². The summed E-state index contributed by atoms with van der Waals surface area (Å²) in [6.07, 6.45) is -2.64. The fraction of sp³-hybridized carbons (Fsp3) is 0.538. The summed E-state index contributed by atoms with van der Waals surface area (Å²) >= 11 is 0. The lowest BCUT2D eigenvalue weighted by Gasteiger charge is -2.17. The number of hydrogen-bond acceptors (Lipinski definition) is 1. The average Bonchev–Trinajstić information content (AvgIpc) is 3.08. The fourth-order valence-electron chi connectivity index (χ4n) is 2.02. The van der Waals surface area contributed by atoms with Crippen LogP contribution in [0.3, 0.4) is 0 Å². The summed E-state index contributed by atoms with van der Waals surface area (Å²) < 4.78 is 51.0. The molecule has 0 saturated heterocycles. The van der Waals surface area contributed by atoms with Crippen molar-refractivity contribution in [2.75, 3.05) is 0 Å². The number of aliphatic hydroxyl groups is 1. The highest BCUT2D eigenvalue weighted by Gasteiger charge is 2.35. The van der Waals surface area contributed by atoms with Crippen LogP contribution in [0.1, 0.15) is 42.9 Å². The molecule has 0 aromatic heterocycles. The topological polar surface area (TPSA) is 20.2 Å². The minimum atomic E-state index is -4.64. The van der Waals surface area contributed by atoms with E-state index in [0.29, 0.717) is 18.4 Å². The van der Waals surface area contributed by atoms with E-state index in [1.807, 2.05) is 0 Å². The lowest BCUT2D eigenvalue weighted by atomic mass is 9.97. The maximum atomic E-state index is 12.9. The van der Waals surface area contributed by atoms with E-state index < -0.39 is 23.7 Å². The fourth-order valence-corrected chi connectivity index (χ4v) is 2.02. The van der Waals surface area contributed by atoms with Crippen LogP contribution in [0.25, 0.3) is 0 Å². The van der Waals surface area contributed by atoms with Gasteiger partial charge in [-0.05, 0) is 36.5 Å². The SMILES string of the molecule is OC(CCC1CC1)c1ccc(F)cc1C(F)(F)F. The molecule has 5 heteroatoms. The van der Waals surface area contributed by atoms with E-state index in [1.54, 1.807) is 0 Å². The van der Waals surface area contributed by atoms with Crippen molar-refractivity contribution >= 4 is 0 Å². The molecule has 18 heavy (non-hydrogen) atoms. The molecule has 1 saturated carbocycles. The Morgan fingerprint density at radius 2 is 1.94 bits per heavy atom. The Hall–Kier alpha value is -1.10. The minimum absolute atomic E-state index is 0.232. The Morgan fingerprint density at radius 1 is 1.28 bits per heavy atom. The number of benzene rings is 1. The van der Waals surface area contributed by atoms with Crippen molar-refractivity contribution in [2.24, 2.45) is 5.92 Å². The molecule has 0 radical (unpaired) electrons. The molecular formula is C13H14F4O. The second-order valence-electron chi connectivity index (χ2n) is 4.77. The van der Waals surface area contributed by atoms with E-state index in [1.165, 1.54) is 0 Å². The predicted molar refractivity (Wildman–Crippen MR) is 58.3 cm³/mol. The van der Waals surface area contributed by atoms with Crippen LogP contribution in [-0.4, -0.2) is 5.11 Å². The second kappa shape index (κ2) is 4.88. The molecule has 0 aliphatic heterocycles. The smallest absolute Gasteiger partial charge is 0.388 e. The Bertz CT molecular complexity index is 423. The first-order chi connectivity index (χ1) is 8.38. The van der Waals surface area contributed by atoms with Gasteiger partial charge in [0.05, 0.1) is 11.7 Å². The summed E-state index contributed by atoms with van der Waals surface area (Å²) in [7, 11) is 0. The first kappa shape index (κ1) is 13.3. The zero-order valence-electron chi connectivity index (χ0n) is 9.67. The molecule has 0 amide bonds. The van der Waals surface area contributed by atoms with Crippen LogP contribution in [-0.2, 0) is 6.18 Å². The molecular weight excluding hydrogens is 248 g/mol. The van der Waals surface area contributed by atoms with Crippen LogP contribution in [0.2, 0.25) is 0 Å². The molecule has 0 heterocycles. The Labute approximate surface area is 102 Å². The third kappa shape index (κ3) is 3.22. The van der Waals surface area contributed by atoms with Crippen molar-refractivity contribution < 1.29 is 22.7 Å². The summed E-state index contributed by atoms with van der Waals surface area (Å²) in [4.78, 5) is 0. The molecule has 1 aliphatic carbocycles. The van der Waals surface area contributed by atoms with E-state index in [0.717, 1.165) is 31.4 Å². The Balaban J connectivity index is 2.19. The standard InChI is InChI=1S/C13H14F4O/c14-9-4-5-10(11(7-9)13(15,16)17)12(18)6-3-8-1-2-8/h4-5,7-8,12,18H,1-3,6H2. The lowest BCUT2D eigenvalue weighted by Crippen LogP contribution is -2.12. The molecule has 1 unspecified atom stereocenters. The number of alkyl halides is 3. The van der Waals surface area contributed by atoms with E-state index in [4.69, 9.17) is 0 Å². The van der Waals surface area contributed by atoms with Gasteiger partial charge >= 0.3 is 6.18 Å². The van der Waals surface area contributed by atoms with Gasteiger partial charge in [0.1, 0.15) is 5.82 Å². The third-order valence-corrected chi connectivity index (χ3v) is 3.23. The van der Waals surface area contributed by atoms with Crippen molar-refractivity contribution in [3.05, 3.63) is 35.1 Å². The van der Waals surface area contributed by atoms with Crippen LogP contribution in [0.4, 0.5) is 17.6 Å².